The Hall–Kier alpha value is -4.10. The Morgan fingerprint density at radius 1 is 0.476 bits per heavy atom. The fraction of sp³-hybridized carbons (Fsp3) is 0.279. The summed E-state index contributed by atoms with van der Waals surface area (Å²) >= 11 is 0. The monoisotopic (exact) mass is 918 g/mol. The first-order chi connectivity index (χ1) is 28.6. The van der Waals surface area contributed by atoms with Crippen LogP contribution in [0.3, 0.4) is 0 Å². The molecule has 6 aromatic rings. The molecule has 0 aromatic heterocycles. The van der Waals surface area contributed by atoms with Gasteiger partial charge in [0.05, 0.1) is 0 Å². The van der Waals surface area contributed by atoms with Crippen LogP contribution in [0.5, 0.6) is 0 Å². The number of rotatable bonds is 6. The molecule has 6 unspecified atom stereocenters. The van der Waals surface area contributed by atoms with Crippen molar-refractivity contribution in [2.75, 3.05) is 0 Å². The molecular weight excluding hydrogens is 852 g/mol. The van der Waals surface area contributed by atoms with Crippen LogP contribution in [0.4, 0.5) is 0 Å². The summed E-state index contributed by atoms with van der Waals surface area (Å²) in [5.41, 5.74) is 12.2. The van der Waals surface area contributed by atoms with E-state index >= 15 is 0 Å². The van der Waals surface area contributed by atoms with E-state index in [9.17, 15) is 0 Å². The Balaban J connectivity index is 0.000000196. The van der Waals surface area contributed by atoms with Crippen molar-refractivity contribution in [1.82, 2.24) is 0 Å². The van der Waals surface area contributed by atoms with E-state index in [1.54, 1.807) is 21.5 Å². The molecule has 0 N–H and O–H groups in total. The first-order valence-electron chi connectivity index (χ1n) is 22.6. The molecule has 320 valence electrons. The average Bonchev–Trinajstić information content (AvgIpc) is 4.10. The van der Waals surface area contributed by atoms with E-state index in [2.05, 4.69) is 172 Å². The fourth-order valence-electron chi connectivity index (χ4n) is 13.0. The van der Waals surface area contributed by atoms with Crippen LogP contribution in [0.15, 0.2) is 144 Å². The zero-order valence-electron chi connectivity index (χ0n) is 38.8. The normalized spacial score (nSPS) is 22.6. The van der Waals surface area contributed by atoms with E-state index in [0.29, 0.717) is 0 Å². The SMILES string of the molecule is C1=CC2CC(CC3CC4C=Cc5ccccc5C4C3)CC2c2ccccc21.CC[Si](CC)(C1=Cc2c(ccc3ccccc23)C1)C1=Cc2c(ccc3ccccc23)C1.[CH3-].[CH3-].[CH3-].[CH3-].[Zr+4]. The first-order valence-corrected chi connectivity index (χ1v) is 25.0. The van der Waals surface area contributed by atoms with Gasteiger partial charge in [-0.15, -0.1) is 0 Å². The van der Waals surface area contributed by atoms with Crippen molar-refractivity contribution < 1.29 is 26.2 Å². The smallest absolute Gasteiger partial charge is 0.358 e. The minimum atomic E-state index is -1.73. The van der Waals surface area contributed by atoms with Crippen molar-refractivity contribution in [3.8, 4) is 0 Å². The Labute approximate surface area is 401 Å². The van der Waals surface area contributed by atoms with Crippen molar-refractivity contribution >= 4 is 53.9 Å². The van der Waals surface area contributed by atoms with Crippen molar-refractivity contribution in [3.05, 3.63) is 218 Å². The van der Waals surface area contributed by atoms with Gasteiger partial charge in [0.1, 0.15) is 8.07 Å². The van der Waals surface area contributed by atoms with Gasteiger partial charge in [0.2, 0.25) is 0 Å². The molecule has 6 aliphatic rings. The van der Waals surface area contributed by atoms with Crippen LogP contribution in [0.2, 0.25) is 12.1 Å². The molecule has 0 spiro atoms. The Morgan fingerprint density at radius 2 is 0.889 bits per heavy atom. The van der Waals surface area contributed by atoms with Crippen molar-refractivity contribution in [2.45, 2.75) is 82.7 Å². The maximum Gasteiger partial charge on any atom is 4.00 e. The summed E-state index contributed by atoms with van der Waals surface area (Å²) in [6, 6.07) is 47.9. The molecule has 6 aromatic carbocycles. The minimum Gasteiger partial charge on any atom is -0.358 e. The largest absolute Gasteiger partial charge is 4.00 e. The average molecular weight is 921 g/mol. The number of hydrogen-bond acceptors (Lipinski definition) is 0. The summed E-state index contributed by atoms with van der Waals surface area (Å²) in [6.07, 6.45) is 24.3. The van der Waals surface area contributed by atoms with Crippen molar-refractivity contribution in [3.63, 3.8) is 0 Å². The number of hydrogen-bond donors (Lipinski definition) is 0. The van der Waals surface area contributed by atoms with E-state index in [1.807, 2.05) is 0 Å². The summed E-state index contributed by atoms with van der Waals surface area (Å²) in [6.45, 7) is 4.89. The topological polar surface area (TPSA) is 0 Å². The van der Waals surface area contributed by atoms with Gasteiger partial charge in [0, 0.05) is 0 Å². The van der Waals surface area contributed by atoms with Crippen LogP contribution in [0, 0.1) is 53.4 Å². The molecule has 0 aliphatic heterocycles. The minimum absolute atomic E-state index is 0. The van der Waals surface area contributed by atoms with Crippen LogP contribution < -0.4 is 0 Å². The third-order valence-electron chi connectivity index (χ3n) is 15.9. The summed E-state index contributed by atoms with van der Waals surface area (Å²) in [7, 11) is -1.73. The van der Waals surface area contributed by atoms with Crippen LogP contribution in [-0.2, 0) is 39.0 Å². The van der Waals surface area contributed by atoms with Gasteiger partial charge in [-0.2, -0.15) is 0 Å². The molecular formula is C61H68SiZr. The predicted octanol–water partition coefficient (Wildman–Crippen LogP) is 17.0. The van der Waals surface area contributed by atoms with Gasteiger partial charge in [-0.3, -0.25) is 0 Å². The van der Waals surface area contributed by atoms with E-state index in [4.69, 9.17) is 0 Å². The second kappa shape index (κ2) is 20.0. The van der Waals surface area contributed by atoms with Crippen LogP contribution in [0.25, 0.3) is 45.8 Å². The Bertz CT molecular complexity index is 2510. The number of benzene rings is 6. The van der Waals surface area contributed by atoms with Gasteiger partial charge in [-0.1, -0.05) is 194 Å². The molecule has 2 fully saturated rings. The maximum atomic E-state index is 2.60. The predicted molar refractivity (Wildman–Crippen MR) is 277 cm³/mol. The van der Waals surface area contributed by atoms with E-state index < -0.39 is 8.07 Å². The fourth-order valence-corrected chi connectivity index (χ4v) is 17.6. The molecule has 2 heteroatoms. The second-order valence-corrected chi connectivity index (χ2v) is 23.5. The van der Waals surface area contributed by atoms with Gasteiger partial charge in [-0.25, -0.2) is 0 Å². The third-order valence-corrected chi connectivity index (χ3v) is 21.4. The van der Waals surface area contributed by atoms with E-state index in [1.165, 1.54) is 99.1 Å². The molecule has 0 saturated heterocycles. The Morgan fingerprint density at radius 3 is 1.33 bits per heavy atom. The first kappa shape index (κ1) is 48.4. The zero-order chi connectivity index (χ0) is 38.8. The molecule has 0 heterocycles. The number of fused-ring (bicyclic) bond motifs is 12. The van der Waals surface area contributed by atoms with Gasteiger partial charge in [0.25, 0.3) is 0 Å². The molecule has 0 amide bonds. The van der Waals surface area contributed by atoms with Crippen molar-refractivity contribution in [1.29, 1.82) is 0 Å². The molecule has 2 saturated carbocycles. The second-order valence-electron chi connectivity index (χ2n) is 18.6. The molecule has 6 aliphatic carbocycles. The molecule has 0 nitrogen and oxygen atoms in total. The Kier molecular flexibility index (Phi) is 15.3. The summed E-state index contributed by atoms with van der Waals surface area (Å²) < 4.78 is 0. The number of allylic oxidation sites excluding steroid dienone is 4. The molecule has 0 bridgehead atoms. The zero-order valence-corrected chi connectivity index (χ0v) is 42.3. The van der Waals surface area contributed by atoms with Crippen LogP contribution in [0.1, 0.15) is 102 Å². The van der Waals surface area contributed by atoms with Gasteiger partial charge >= 0.3 is 26.2 Å². The summed E-state index contributed by atoms with van der Waals surface area (Å²) in [5, 5.41) is 9.04. The van der Waals surface area contributed by atoms with E-state index in [-0.39, 0.29) is 55.9 Å². The summed E-state index contributed by atoms with van der Waals surface area (Å²) in [5.74, 6) is 4.96. The van der Waals surface area contributed by atoms with Crippen molar-refractivity contribution in [2.24, 2.45) is 23.7 Å². The molecule has 6 atom stereocenters. The molecule has 63 heavy (non-hydrogen) atoms. The maximum absolute atomic E-state index is 2.60. The third kappa shape index (κ3) is 8.50. The van der Waals surface area contributed by atoms with Gasteiger partial charge < -0.3 is 29.7 Å². The van der Waals surface area contributed by atoms with Crippen LogP contribution in [-0.4, -0.2) is 8.07 Å². The molecule has 12 rings (SSSR count). The molecule has 0 radical (unpaired) electrons. The summed E-state index contributed by atoms with van der Waals surface area (Å²) in [4.78, 5) is 0. The van der Waals surface area contributed by atoms with E-state index in [0.717, 1.165) is 48.3 Å². The van der Waals surface area contributed by atoms with Gasteiger partial charge in [0.15, 0.2) is 0 Å². The standard InChI is InChI=1S/C30H28Si.C27H28.4CH3.Zr/c1-3-31(4-2,25-17-23-15-13-21-9-5-7-11-27(21)29(23)19-25)26-18-24-16-14-22-10-6-8-12-28(22)30(24)20-26;1-3-7-24-20(5-1)9-11-22-14-18(16-26(22)24)13-19-15-23-12-10-21-6-2-4-8-25(21)27(23)17-19;;;;;/h5-16,19-20H,3-4,17-18H2,1-2H3;1-12,18-19,22-23,26-27H,13-17H2;4*1H3;/q;;4*-1;+4. The quantitative estimate of drug-likeness (QED) is 0.115. The van der Waals surface area contributed by atoms with Gasteiger partial charge in [-0.05, 0) is 147 Å². The van der Waals surface area contributed by atoms with Crippen LogP contribution >= 0.6 is 0 Å².